The van der Waals surface area contributed by atoms with Crippen molar-refractivity contribution in [2.75, 3.05) is 14.2 Å². The lowest BCUT2D eigenvalue weighted by molar-refractivity contribution is -0.00532. The van der Waals surface area contributed by atoms with Gasteiger partial charge in [0.15, 0.2) is 11.5 Å². The molecule has 0 radical (unpaired) electrons. The lowest BCUT2D eigenvalue weighted by Crippen LogP contribution is -2.55. The van der Waals surface area contributed by atoms with Gasteiger partial charge < -0.3 is 19.9 Å². The summed E-state index contributed by atoms with van der Waals surface area (Å²) in [4.78, 5) is 0. The fraction of sp³-hybridized carbons (Fsp3) is 0.600. The van der Waals surface area contributed by atoms with Gasteiger partial charge in [-0.2, -0.15) is 0 Å². The monoisotopic (exact) mass is 301 g/mol. The molecule has 0 fully saturated rings. The van der Waals surface area contributed by atoms with Crippen molar-refractivity contribution in [3.63, 3.8) is 0 Å². The number of rotatable bonds is 6. The molecule has 0 saturated carbocycles. The first-order valence-electron chi connectivity index (χ1n) is 6.50. The quantitative estimate of drug-likeness (QED) is 0.848. The summed E-state index contributed by atoms with van der Waals surface area (Å²) in [6, 6.07) is 3.70. The zero-order valence-electron chi connectivity index (χ0n) is 13.0. The molecule has 20 heavy (non-hydrogen) atoms. The summed E-state index contributed by atoms with van der Waals surface area (Å²) < 4.78 is 10.5. The maximum absolute atomic E-state index is 10.1. The van der Waals surface area contributed by atoms with Gasteiger partial charge in [0.1, 0.15) is 0 Å². The third-order valence-corrected chi connectivity index (χ3v) is 4.04. The first-order chi connectivity index (χ1) is 9.12. The van der Waals surface area contributed by atoms with Crippen molar-refractivity contribution in [2.45, 2.75) is 45.4 Å². The van der Waals surface area contributed by atoms with E-state index in [0.717, 1.165) is 5.56 Å². The van der Waals surface area contributed by atoms with Gasteiger partial charge in [0.25, 0.3) is 0 Å². The average molecular weight is 302 g/mol. The zero-order chi connectivity index (χ0) is 15.6. The van der Waals surface area contributed by atoms with Gasteiger partial charge in [0.2, 0.25) is 0 Å². The van der Waals surface area contributed by atoms with Crippen molar-refractivity contribution >= 4 is 11.6 Å². The topological polar surface area (TPSA) is 50.7 Å². The predicted octanol–water partition coefficient (Wildman–Crippen LogP) is 3.00. The van der Waals surface area contributed by atoms with Crippen LogP contribution in [0.25, 0.3) is 0 Å². The number of halogens is 1. The van der Waals surface area contributed by atoms with Gasteiger partial charge in [0.05, 0.1) is 24.8 Å². The Morgan fingerprint density at radius 3 is 2.20 bits per heavy atom. The van der Waals surface area contributed by atoms with Crippen LogP contribution in [0.4, 0.5) is 0 Å². The summed E-state index contributed by atoms with van der Waals surface area (Å²) in [6.07, 6.45) is 0. The SMILES string of the molecule is COc1cc(CNC(C)(C)C(C)(C)O)cc(Cl)c1OC. The molecule has 5 heteroatoms. The van der Waals surface area contributed by atoms with E-state index in [2.05, 4.69) is 5.32 Å². The van der Waals surface area contributed by atoms with E-state index in [1.807, 2.05) is 26.0 Å². The average Bonchev–Trinajstić information content (AvgIpc) is 2.34. The Kier molecular flexibility index (Phi) is 5.30. The minimum absolute atomic E-state index is 0.438. The van der Waals surface area contributed by atoms with Crippen molar-refractivity contribution in [3.8, 4) is 11.5 Å². The summed E-state index contributed by atoms with van der Waals surface area (Å²) >= 11 is 6.17. The van der Waals surface area contributed by atoms with Gasteiger partial charge in [-0.3, -0.25) is 0 Å². The van der Waals surface area contributed by atoms with Crippen molar-refractivity contribution in [1.82, 2.24) is 5.32 Å². The molecule has 114 valence electrons. The third-order valence-electron chi connectivity index (χ3n) is 3.76. The molecule has 1 aromatic carbocycles. The molecule has 0 unspecified atom stereocenters. The highest BCUT2D eigenvalue weighted by atomic mass is 35.5. The smallest absolute Gasteiger partial charge is 0.179 e. The third kappa shape index (κ3) is 3.78. The molecule has 0 aliphatic rings. The van der Waals surface area contributed by atoms with Crippen molar-refractivity contribution < 1.29 is 14.6 Å². The molecular formula is C15H24ClNO3. The molecule has 1 rings (SSSR count). The molecule has 4 nitrogen and oxygen atoms in total. The van der Waals surface area contributed by atoms with Crippen molar-refractivity contribution in [2.24, 2.45) is 0 Å². The number of aliphatic hydroxyl groups is 1. The maximum Gasteiger partial charge on any atom is 0.179 e. The van der Waals surface area contributed by atoms with E-state index in [0.29, 0.717) is 23.1 Å². The van der Waals surface area contributed by atoms with Crippen LogP contribution in [0.3, 0.4) is 0 Å². The van der Waals surface area contributed by atoms with E-state index in [9.17, 15) is 5.11 Å². The number of methoxy groups -OCH3 is 2. The first-order valence-corrected chi connectivity index (χ1v) is 6.88. The zero-order valence-corrected chi connectivity index (χ0v) is 13.8. The second-order valence-corrected chi connectivity index (χ2v) is 6.26. The van der Waals surface area contributed by atoms with E-state index >= 15 is 0 Å². The highest BCUT2D eigenvalue weighted by molar-refractivity contribution is 6.32. The van der Waals surface area contributed by atoms with Crippen LogP contribution in [0.15, 0.2) is 12.1 Å². The second-order valence-electron chi connectivity index (χ2n) is 5.85. The molecule has 0 amide bonds. The summed E-state index contributed by atoms with van der Waals surface area (Å²) in [7, 11) is 3.13. The van der Waals surface area contributed by atoms with E-state index in [1.54, 1.807) is 28.1 Å². The Morgan fingerprint density at radius 1 is 1.15 bits per heavy atom. The molecule has 0 bridgehead atoms. The summed E-state index contributed by atoms with van der Waals surface area (Å²) in [5.41, 5.74) is -0.315. The molecule has 0 aliphatic carbocycles. The van der Waals surface area contributed by atoms with Gasteiger partial charge in [0, 0.05) is 12.1 Å². The van der Waals surface area contributed by atoms with E-state index in [4.69, 9.17) is 21.1 Å². The molecule has 1 aromatic rings. The number of hydrogen-bond donors (Lipinski definition) is 2. The molecular weight excluding hydrogens is 278 g/mol. The Labute approximate surface area is 126 Å². The highest BCUT2D eigenvalue weighted by Crippen LogP contribution is 2.36. The molecule has 2 N–H and O–H groups in total. The van der Waals surface area contributed by atoms with E-state index in [1.165, 1.54) is 0 Å². The van der Waals surface area contributed by atoms with Crippen molar-refractivity contribution in [3.05, 3.63) is 22.7 Å². The Morgan fingerprint density at radius 2 is 1.75 bits per heavy atom. The van der Waals surface area contributed by atoms with Gasteiger partial charge in [-0.15, -0.1) is 0 Å². The van der Waals surface area contributed by atoms with E-state index in [-0.39, 0.29) is 0 Å². The van der Waals surface area contributed by atoms with E-state index < -0.39 is 11.1 Å². The second kappa shape index (κ2) is 6.20. The summed E-state index contributed by atoms with van der Waals surface area (Å²) in [5, 5.41) is 14.0. The number of hydrogen-bond acceptors (Lipinski definition) is 4. The standard InChI is InChI=1S/C15H24ClNO3/c1-14(2,15(3,4)18)17-9-10-7-11(16)13(20-6)12(8-10)19-5/h7-8,17-18H,9H2,1-6H3. The van der Waals surface area contributed by atoms with Gasteiger partial charge in [-0.25, -0.2) is 0 Å². The van der Waals surface area contributed by atoms with Gasteiger partial charge in [-0.05, 0) is 45.4 Å². The number of ether oxygens (including phenoxy) is 2. The Bertz CT molecular complexity index is 467. The minimum atomic E-state index is -0.840. The Hall–Kier alpha value is -0.970. The van der Waals surface area contributed by atoms with Gasteiger partial charge in [-0.1, -0.05) is 11.6 Å². The predicted molar refractivity (Wildman–Crippen MR) is 81.8 cm³/mol. The fourth-order valence-electron chi connectivity index (χ4n) is 1.61. The maximum atomic E-state index is 10.1. The van der Waals surface area contributed by atoms with Gasteiger partial charge >= 0.3 is 0 Å². The van der Waals surface area contributed by atoms with Crippen LogP contribution in [0, 0.1) is 0 Å². The van der Waals surface area contributed by atoms with Crippen LogP contribution in [0.2, 0.25) is 5.02 Å². The molecule has 0 saturated heterocycles. The number of benzene rings is 1. The molecule has 0 aromatic heterocycles. The summed E-state index contributed by atoms with van der Waals surface area (Å²) in [5.74, 6) is 1.12. The first kappa shape index (κ1) is 17.1. The Balaban J connectivity index is 2.92. The highest BCUT2D eigenvalue weighted by Gasteiger charge is 2.34. The fourth-order valence-corrected chi connectivity index (χ4v) is 1.92. The van der Waals surface area contributed by atoms with Crippen molar-refractivity contribution in [1.29, 1.82) is 0 Å². The molecule has 0 aliphatic heterocycles. The lowest BCUT2D eigenvalue weighted by Gasteiger charge is -2.38. The molecule has 0 spiro atoms. The molecule has 0 atom stereocenters. The van der Waals surface area contributed by atoms with Crippen LogP contribution in [0.5, 0.6) is 11.5 Å². The van der Waals surface area contributed by atoms with Crippen LogP contribution < -0.4 is 14.8 Å². The lowest BCUT2D eigenvalue weighted by atomic mass is 9.86. The van der Waals surface area contributed by atoms with Crippen LogP contribution in [0.1, 0.15) is 33.3 Å². The van der Waals surface area contributed by atoms with Crippen LogP contribution in [-0.4, -0.2) is 30.5 Å². The van der Waals surface area contributed by atoms with Crippen LogP contribution >= 0.6 is 11.6 Å². The largest absolute Gasteiger partial charge is 0.493 e. The molecule has 0 heterocycles. The minimum Gasteiger partial charge on any atom is -0.493 e. The number of nitrogens with one attached hydrogen (secondary N) is 1. The normalized spacial score (nSPS) is 12.4. The van der Waals surface area contributed by atoms with Crippen LogP contribution in [-0.2, 0) is 6.54 Å². The summed E-state index contributed by atoms with van der Waals surface area (Å²) in [6.45, 7) is 8.03.